The fourth-order valence-electron chi connectivity index (χ4n) is 4.37. The number of rotatable bonds is 10. The van der Waals surface area contributed by atoms with Crippen LogP contribution in [0.2, 0.25) is 0 Å². The minimum atomic E-state index is -3.98. The Kier molecular flexibility index (Phi) is 8.91. The molecule has 4 aromatic carbocycles. The molecule has 0 bridgehead atoms. The van der Waals surface area contributed by atoms with Gasteiger partial charge in [0.05, 0.1) is 17.7 Å². The maximum Gasteiger partial charge on any atom is 0.255 e. The van der Waals surface area contributed by atoms with Crippen LogP contribution in [0.5, 0.6) is 11.5 Å². The zero-order valence-electron chi connectivity index (χ0n) is 22.2. The first-order chi connectivity index (χ1) is 18.7. The summed E-state index contributed by atoms with van der Waals surface area (Å²) in [6.07, 6.45) is 1.49. The number of sulfonamides is 1. The predicted molar refractivity (Wildman–Crippen MR) is 153 cm³/mol. The SMILES string of the molecule is Cc1cc(C)c(S(=O)(=O)N(CC(=O)N/N=C\c2cccc(Oc3ccccc3)c2)Cc2ccccc2)c(C)c1. The van der Waals surface area contributed by atoms with Gasteiger partial charge in [-0.15, -0.1) is 0 Å². The van der Waals surface area contributed by atoms with Crippen molar-refractivity contribution in [1.82, 2.24) is 9.73 Å². The highest BCUT2D eigenvalue weighted by molar-refractivity contribution is 7.89. The van der Waals surface area contributed by atoms with Gasteiger partial charge in [-0.25, -0.2) is 13.8 Å². The van der Waals surface area contributed by atoms with Crippen molar-refractivity contribution in [3.8, 4) is 11.5 Å². The fraction of sp³-hybridized carbons (Fsp3) is 0.161. The van der Waals surface area contributed by atoms with Crippen molar-refractivity contribution >= 4 is 22.1 Å². The third kappa shape index (κ3) is 7.40. The van der Waals surface area contributed by atoms with Gasteiger partial charge in [0, 0.05) is 6.54 Å². The van der Waals surface area contributed by atoms with E-state index in [4.69, 9.17) is 4.74 Å². The van der Waals surface area contributed by atoms with Crippen LogP contribution in [0.3, 0.4) is 0 Å². The van der Waals surface area contributed by atoms with Crippen molar-refractivity contribution in [3.63, 3.8) is 0 Å². The van der Waals surface area contributed by atoms with Crippen molar-refractivity contribution in [2.24, 2.45) is 5.10 Å². The van der Waals surface area contributed by atoms with Gasteiger partial charge in [-0.05, 0) is 67.3 Å². The second kappa shape index (κ2) is 12.5. The number of hydrazone groups is 1. The Balaban J connectivity index is 1.50. The number of hydrogen-bond acceptors (Lipinski definition) is 5. The number of carbonyl (C=O) groups is 1. The molecule has 0 spiro atoms. The first kappa shape index (κ1) is 27.8. The molecule has 39 heavy (non-hydrogen) atoms. The van der Waals surface area contributed by atoms with E-state index in [1.54, 1.807) is 19.9 Å². The molecule has 1 amide bonds. The third-order valence-electron chi connectivity index (χ3n) is 5.96. The van der Waals surface area contributed by atoms with E-state index in [2.05, 4.69) is 10.5 Å². The number of para-hydroxylation sites is 1. The van der Waals surface area contributed by atoms with Gasteiger partial charge in [0.1, 0.15) is 11.5 Å². The molecule has 0 aliphatic heterocycles. The van der Waals surface area contributed by atoms with Gasteiger partial charge < -0.3 is 4.74 Å². The van der Waals surface area contributed by atoms with Crippen LogP contribution in [-0.2, 0) is 21.4 Å². The number of benzene rings is 4. The number of nitrogens with zero attached hydrogens (tertiary/aromatic N) is 2. The molecule has 4 rings (SSSR count). The van der Waals surface area contributed by atoms with Crippen LogP contribution < -0.4 is 10.2 Å². The Hall–Kier alpha value is -4.27. The zero-order valence-corrected chi connectivity index (χ0v) is 23.0. The summed E-state index contributed by atoms with van der Waals surface area (Å²) in [6, 6.07) is 29.5. The summed E-state index contributed by atoms with van der Waals surface area (Å²) in [7, 11) is -3.98. The molecule has 0 fully saturated rings. The van der Waals surface area contributed by atoms with Gasteiger partial charge in [0.15, 0.2) is 0 Å². The van der Waals surface area contributed by atoms with Crippen LogP contribution in [0.4, 0.5) is 0 Å². The number of ether oxygens (including phenoxy) is 1. The largest absolute Gasteiger partial charge is 0.457 e. The maximum absolute atomic E-state index is 13.8. The van der Waals surface area contributed by atoms with Crippen LogP contribution in [0.1, 0.15) is 27.8 Å². The monoisotopic (exact) mass is 541 g/mol. The molecule has 0 radical (unpaired) electrons. The first-order valence-electron chi connectivity index (χ1n) is 12.5. The first-order valence-corrected chi connectivity index (χ1v) is 13.9. The van der Waals surface area contributed by atoms with E-state index in [0.29, 0.717) is 28.2 Å². The third-order valence-corrected chi connectivity index (χ3v) is 8.06. The smallest absolute Gasteiger partial charge is 0.255 e. The molecule has 0 aliphatic rings. The van der Waals surface area contributed by atoms with Crippen molar-refractivity contribution in [1.29, 1.82) is 0 Å². The average molecular weight is 542 g/mol. The van der Waals surface area contributed by atoms with Gasteiger partial charge in [0.2, 0.25) is 10.0 Å². The predicted octanol–water partition coefficient (Wildman–Crippen LogP) is 5.75. The summed E-state index contributed by atoms with van der Waals surface area (Å²) in [6.45, 7) is 5.12. The van der Waals surface area contributed by atoms with E-state index in [-0.39, 0.29) is 11.4 Å². The molecular weight excluding hydrogens is 510 g/mol. The summed E-state index contributed by atoms with van der Waals surface area (Å²) >= 11 is 0. The molecule has 4 aromatic rings. The maximum atomic E-state index is 13.8. The van der Waals surface area contributed by atoms with Crippen LogP contribution in [0, 0.1) is 20.8 Å². The van der Waals surface area contributed by atoms with Crippen molar-refractivity contribution in [2.45, 2.75) is 32.2 Å². The summed E-state index contributed by atoms with van der Waals surface area (Å²) in [5, 5.41) is 4.05. The molecule has 0 saturated carbocycles. The zero-order chi connectivity index (χ0) is 27.8. The molecule has 0 saturated heterocycles. The quantitative estimate of drug-likeness (QED) is 0.205. The minimum absolute atomic E-state index is 0.0476. The molecule has 0 aromatic heterocycles. The van der Waals surface area contributed by atoms with Crippen molar-refractivity contribution in [3.05, 3.63) is 125 Å². The molecule has 0 unspecified atom stereocenters. The van der Waals surface area contributed by atoms with Gasteiger partial charge in [-0.3, -0.25) is 4.79 Å². The molecule has 7 nitrogen and oxygen atoms in total. The Bertz CT molecular complexity index is 1550. The lowest BCUT2D eigenvalue weighted by Crippen LogP contribution is -2.39. The highest BCUT2D eigenvalue weighted by Crippen LogP contribution is 2.26. The van der Waals surface area contributed by atoms with E-state index < -0.39 is 22.5 Å². The molecule has 1 N–H and O–H groups in total. The number of carbonyl (C=O) groups excluding carboxylic acids is 1. The Labute approximate surface area is 229 Å². The van der Waals surface area contributed by atoms with E-state index in [9.17, 15) is 13.2 Å². The second-order valence-electron chi connectivity index (χ2n) is 9.27. The van der Waals surface area contributed by atoms with Gasteiger partial charge in [0.25, 0.3) is 5.91 Å². The molecule has 0 heterocycles. The van der Waals surface area contributed by atoms with E-state index in [1.165, 1.54) is 10.5 Å². The minimum Gasteiger partial charge on any atom is -0.457 e. The highest BCUT2D eigenvalue weighted by Gasteiger charge is 2.30. The molecule has 200 valence electrons. The van der Waals surface area contributed by atoms with E-state index in [1.807, 2.05) is 97.9 Å². The summed E-state index contributed by atoms with van der Waals surface area (Å²) in [5.41, 5.74) is 6.20. The van der Waals surface area contributed by atoms with Gasteiger partial charge >= 0.3 is 0 Å². The Morgan fingerprint density at radius 1 is 0.846 bits per heavy atom. The van der Waals surface area contributed by atoms with E-state index in [0.717, 1.165) is 11.1 Å². The van der Waals surface area contributed by atoms with Crippen molar-refractivity contribution in [2.75, 3.05) is 6.54 Å². The summed E-state index contributed by atoms with van der Waals surface area (Å²) in [5.74, 6) is 0.781. The van der Waals surface area contributed by atoms with Crippen LogP contribution in [0.25, 0.3) is 0 Å². The Morgan fingerprint density at radius 3 is 2.13 bits per heavy atom. The Morgan fingerprint density at radius 2 is 1.46 bits per heavy atom. The fourth-order valence-corrected chi connectivity index (χ4v) is 6.17. The van der Waals surface area contributed by atoms with Gasteiger partial charge in [-0.2, -0.15) is 9.41 Å². The van der Waals surface area contributed by atoms with Gasteiger partial charge in [-0.1, -0.05) is 78.4 Å². The standard InChI is InChI=1S/C31H31N3O4S/c1-23-17-24(2)31(25(3)18-23)39(36,37)34(21-26-11-6-4-7-12-26)22-30(35)33-32-20-27-13-10-16-29(19-27)38-28-14-8-5-9-15-28/h4-20H,21-22H2,1-3H3,(H,33,35)/b32-20-. The lowest BCUT2D eigenvalue weighted by molar-refractivity contribution is -0.121. The summed E-state index contributed by atoms with van der Waals surface area (Å²) in [4.78, 5) is 13.1. The lowest BCUT2D eigenvalue weighted by Gasteiger charge is -2.24. The number of nitrogens with one attached hydrogen (secondary N) is 1. The number of hydrogen-bond donors (Lipinski definition) is 1. The average Bonchev–Trinajstić information content (AvgIpc) is 2.89. The number of amides is 1. The molecule has 0 atom stereocenters. The molecule has 0 aliphatic carbocycles. The van der Waals surface area contributed by atoms with Crippen LogP contribution in [-0.4, -0.2) is 31.4 Å². The van der Waals surface area contributed by atoms with E-state index >= 15 is 0 Å². The van der Waals surface area contributed by atoms with Crippen LogP contribution in [0.15, 0.2) is 107 Å². The van der Waals surface area contributed by atoms with Crippen LogP contribution >= 0.6 is 0 Å². The topological polar surface area (TPSA) is 88.1 Å². The highest BCUT2D eigenvalue weighted by atomic mass is 32.2. The normalized spacial score (nSPS) is 11.6. The van der Waals surface area contributed by atoms with Crippen molar-refractivity contribution < 1.29 is 17.9 Å². The lowest BCUT2D eigenvalue weighted by atomic mass is 10.1. The molecular formula is C31H31N3O4S. The number of aryl methyl sites for hydroxylation is 3. The summed E-state index contributed by atoms with van der Waals surface area (Å²) < 4.78 is 34.6. The second-order valence-corrected chi connectivity index (χ2v) is 11.1. The molecule has 8 heteroatoms.